The predicted molar refractivity (Wildman–Crippen MR) is 107 cm³/mol. The number of nitrogens with zero attached hydrogens (tertiary/aromatic N) is 2. The zero-order valence-electron chi connectivity index (χ0n) is 16.1. The summed E-state index contributed by atoms with van der Waals surface area (Å²) in [6.07, 6.45) is 17.0. The van der Waals surface area contributed by atoms with E-state index in [0.717, 1.165) is 13.1 Å². The van der Waals surface area contributed by atoms with Crippen LogP contribution >= 0.6 is 0 Å². The van der Waals surface area contributed by atoms with Crippen molar-refractivity contribution < 1.29 is 14.3 Å². The van der Waals surface area contributed by atoms with Gasteiger partial charge in [0.05, 0.1) is 25.3 Å². The van der Waals surface area contributed by atoms with Gasteiger partial charge >= 0.3 is 0 Å². The largest absolute Gasteiger partial charge is 0.381 e. The Morgan fingerprint density at radius 2 is 1.30 bits per heavy atom. The Balaban J connectivity index is 1.72. The topological polar surface area (TPSA) is 49.9 Å². The molecule has 144 valence electrons. The fourth-order valence-corrected chi connectivity index (χ4v) is 3.10. The zero-order valence-corrected chi connectivity index (χ0v) is 16.1. The molecule has 0 aromatic rings. The van der Waals surface area contributed by atoms with Crippen molar-refractivity contribution in [2.24, 2.45) is 0 Å². The summed E-state index contributed by atoms with van der Waals surface area (Å²) in [6, 6.07) is -0.00612. The first kappa shape index (κ1) is 20.7. The number of ether oxygens (including phenoxy) is 1. The highest BCUT2D eigenvalue weighted by Gasteiger charge is 2.18. The van der Waals surface area contributed by atoms with Gasteiger partial charge in [0.2, 0.25) is 0 Å². The lowest BCUT2D eigenvalue weighted by atomic mass is 10.1. The van der Waals surface area contributed by atoms with Gasteiger partial charge in [0, 0.05) is 37.1 Å². The maximum atomic E-state index is 11.3. The van der Waals surface area contributed by atoms with Crippen LogP contribution in [-0.2, 0) is 14.3 Å². The summed E-state index contributed by atoms with van der Waals surface area (Å²) in [5.41, 5.74) is 1.39. The minimum Gasteiger partial charge on any atom is -0.381 e. The number of rotatable bonds is 10. The molecule has 0 aliphatic carbocycles. The first-order chi connectivity index (χ1) is 13.2. The Labute approximate surface area is 161 Å². The second-order valence-corrected chi connectivity index (χ2v) is 6.65. The zero-order chi connectivity index (χ0) is 19.5. The molecule has 0 radical (unpaired) electrons. The van der Waals surface area contributed by atoms with Crippen molar-refractivity contribution in [2.45, 2.75) is 38.8 Å². The third-order valence-corrected chi connectivity index (χ3v) is 4.98. The van der Waals surface area contributed by atoms with E-state index in [0.29, 0.717) is 37.2 Å². The predicted octanol–water partition coefficient (Wildman–Crippen LogP) is 2.85. The summed E-state index contributed by atoms with van der Waals surface area (Å²) in [5, 5.41) is 0. The molecule has 0 saturated carbocycles. The van der Waals surface area contributed by atoms with Gasteiger partial charge in [-0.2, -0.15) is 0 Å². The lowest BCUT2D eigenvalue weighted by Crippen LogP contribution is -2.32. The molecule has 0 aromatic heterocycles. The minimum atomic E-state index is -0.00306. The molecule has 0 aromatic carbocycles. The van der Waals surface area contributed by atoms with Crippen molar-refractivity contribution in [3.05, 3.63) is 60.0 Å². The van der Waals surface area contributed by atoms with E-state index < -0.39 is 0 Å². The van der Waals surface area contributed by atoms with Crippen LogP contribution in [0.15, 0.2) is 60.0 Å². The molecular formula is C22H28N2O3. The van der Waals surface area contributed by atoms with Crippen LogP contribution in [0.4, 0.5) is 0 Å². The Morgan fingerprint density at radius 1 is 0.852 bits per heavy atom. The lowest BCUT2D eigenvalue weighted by molar-refractivity contribution is 0.135. The summed E-state index contributed by atoms with van der Waals surface area (Å²) in [4.78, 5) is 26.8. The Kier molecular flexibility index (Phi) is 8.60. The van der Waals surface area contributed by atoms with Crippen molar-refractivity contribution in [3.8, 4) is 0 Å². The summed E-state index contributed by atoms with van der Waals surface area (Å²) >= 11 is 0. The van der Waals surface area contributed by atoms with Gasteiger partial charge in [-0.1, -0.05) is 24.3 Å². The molecule has 0 spiro atoms. The second-order valence-electron chi connectivity index (χ2n) is 6.65. The normalized spacial score (nSPS) is 17.4. The number of hydrogen-bond donors (Lipinski definition) is 0. The fraction of sp³-hybridized carbons (Fsp3) is 0.455. The van der Waals surface area contributed by atoms with Gasteiger partial charge in [-0.05, 0) is 38.4 Å². The number of hydrogen-bond acceptors (Lipinski definition) is 5. The summed E-state index contributed by atoms with van der Waals surface area (Å²) < 4.78 is 5.67. The first-order valence-electron chi connectivity index (χ1n) is 9.41. The molecule has 0 fully saturated rings. The van der Waals surface area contributed by atoms with Gasteiger partial charge in [-0.15, -0.1) is 0 Å². The van der Waals surface area contributed by atoms with Crippen LogP contribution in [0.25, 0.3) is 0 Å². The van der Waals surface area contributed by atoms with E-state index in [4.69, 9.17) is 4.74 Å². The highest BCUT2D eigenvalue weighted by Crippen LogP contribution is 2.16. The van der Waals surface area contributed by atoms with E-state index in [2.05, 4.69) is 33.8 Å². The maximum absolute atomic E-state index is 11.3. The summed E-state index contributed by atoms with van der Waals surface area (Å²) in [6.45, 7) is 6.45. The third-order valence-electron chi connectivity index (χ3n) is 4.98. The molecule has 5 nitrogen and oxygen atoms in total. The second kappa shape index (κ2) is 11.2. The summed E-state index contributed by atoms with van der Waals surface area (Å²) in [7, 11) is 0. The van der Waals surface area contributed by atoms with Crippen molar-refractivity contribution in [3.63, 3.8) is 0 Å². The van der Waals surface area contributed by atoms with E-state index in [1.807, 2.05) is 50.6 Å². The van der Waals surface area contributed by atoms with Gasteiger partial charge < -0.3 is 14.5 Å². The van der Waals surface area contributed by atoms with E-state index in [-0.39, 0.29) is 12.1 Å². The molecule has 0 bridgehead atoms. The van der Waals surface area contributed by atoms with Crippen molar-refractivity contribution in [1.29, 1.82) is 0 Å². The SMILES string of the molecule is CC(C(=C=O)CCOCCC(=C=O)C(C)N1C=CC=CC1)N1C=CC=CC1. The molecule has 5 heteroatoms. The molecule has 2 rings (SSSR count). The van der Waals surface area contributed by atoms with E-state index in [1.165, 1.54) is 0 Å². The molecule has 2 heterocycles. The molecule has 0 amide bonds. The maximum Gasteiger partial charge on any atom is 0.125 e. The van der Waals surface area contributed by atoms with Gasteiger partial charge in [0.1, 0.15) is 11.9 Å². The molecule has 2 aliphatic rings. The van der Waals surface area contributed by atoms with Crippen LogP contribution in [0.3, 0.4) is 0 Å². The average Bonchev–Trinajstić information content (AvgIpc) is 2.74. The average molecular weight is 368 g/mol. The highest BCUT2D eigenvalue weighted by molar-refractivity contribution is 5.55. The highest BCUT2D eigenvalue weighted by atomic mass is 16.5. The van der Waals surface area contributed by atoms with Crippen molar-refractivity contribution >= 4 is 11.9 Å². The van der Waals surface area contributed by atoms with E-state index in [1.54, 1.807) is 0 Å². The summed E-state index contributed by atoms with van der Waals surface area (Å²) in [5.74, 6) is 4.14. The van der Waals surface area contributed by atoms with E-state index >= 15 is 0 Å². The van der Waals surface area contributed by atoms with Crippen LogP contribution in [0, 0.1) is 0 Å². The molecule has 27 heavy (non-hydrogen) atoms. The van der Waals surface area contributed by atoms with Gasteiger partial charge in [0.15, 0.2) is 0 Å². The Morgan fingerprint density at radius 3 is 1.63 bits per heavy atom. The van der Waals surface area contributed by atoms with Crippen molar-refractivity contribution in [1.82, 2.24) is 9.80 Å². The smallest absolute Gasteiger partial charge is 0.125 e. The first-order valence-corrected chi connectivity index (χ1v) is 9.41. The number of carbonyl (C=O) groups excluding carboxylic acids is 2. The van der Waals surface area contributed by atoms with Crippen LogP contribution in [0.1, 0.15) is 26.7 Å². The fourth-order valence-electron chi connectivity index (χ4n) is 3.10. The van der Waals surface area contributed by atoms with Crippen LogP contribution in [0.2, 0.25) is 0 Å². The van der Waals surface area contributed by atoms with Crippen LogP contribution in [0.5, 0.6) is 0 Å². The molecule has 2 atom stereocenters. The van der Waals surface area contributed by atoms with Crippen LogP contribution < -0.4 is 0 Å². The standard InChI is InChI=1S/C22H28N2O3/c1-19(23-11-5-3-6-12-23)21(17-25)9-15-27-16-10-22(18-26)20(2)24-13-7-4-8-14-24/h3-8,11,13,19-20H,9-10,12,14-16H2,1-2H3. The van der Waals surface area contributed by atoms with Crippen LogP contribution in [-0.4, -0.2) is 60.1 Å². The van der Waals surface area contributed by atoms with Gasteiger partial charge in [-0.25, -0.2) is 9.59 Å². The molecule has 2 aliphatic heterocycles. The monoisotopic (exact) mass is 368 g/mol. The van der Waals surface area contributed by atoms with Crippen molar-refractivity contribution in [2.75, 3.05) is 26.3 Å². The van der Waals surface area contributed by atoms with Gasteiger partial charge in [-0.3, -0.25) is 0 Å². The quantitative estimate of drug-likeness (QED) is 0.438. The molecule has 2 unspecified atom stereocenters. The lowest BCUT2D eigenvalue weighted by Gasteiger charge is -2.29. The third kappa shape index (κ3) is 6.26. The molecule has 0 N–H and O–H groups in total. The molecule has 0 saturated heterocycles. The number of allylic oxidation sites excluding steroid dienone is 4. The minimum absolute atomic E-state index is 0.00306. The van der Waals surface area contributed by atoms with Gasteiger partial charge in [0.25, 0.3) is 0 Å². The molecular weight excluding hydrogens is 340 g/mol. The Bertz CT molecular complexity index is 647. The van der Waals surface area contributed by atoms with E-state index in [9.17, 15) is 9.59 Å². The Hall–Kier alpha value is -2.58.